The van der Waals surface area contributed by atoms with Gasteiger partial charge in [-0.25, -0.2) is 4.98 Å². The number of nitriles is 1. The van der Waals surface area contributed by atoms with E-state index in [-0.39, 0.29) is 11.3 Å². The first kappa shape index (κ1) is 23.9. The van der Waals surface area contributed by atoms with Crippen LogP contribution in [0.3, 0.4) is 0 Å². The number of benzene rings is 2. The highest BCUT2D eigenvalue weighted by molar-refractivity contribution is 5.70. The number of pyridine rings is 1. The van der Waals surface area contributed by atoms with Gasteiger partial charge in [-0.2, -0.15) is 10.2 Å². The summed E-state index contributed by atoms with van der Waals surface area (Å²) in [5.74, 6) is 1.36. The Balaban J connectivity index is 1.73. The second-order valence-electron chi connectivity index (χ2n) is 8.43. The van der Waals surface area contributed by atoms with Gasteiger partial charge in [0.25, 0.3) is 0 Å². The van der Waals surface area contributed by atoms with Gasteiger partial charge in [-0.05, 0) is 54.2 Å². The van der Waals surface area contributed by atoms with Gasteiger partial charge in [0.2, 0.25) is 11.6 Å². The smallest absolute Gasteiger partial charge is 0.316 e. The number of nitrogens with zero attached hydrogens (tertiary/aromatic N) is 4. The molecule has 2 aromatic carbocycles. The second kappa shape index (κ2) is 10.8. The van der Waals surface area contributed by atoms with Crippen LogP contribution in [0.2, 0.25) is 0 Å². The molecule has 0 fully saturated rings. The van der Waals surface area contributed by atoms with Gasteiger partial charge in [0.05, 0.1) is 17.3 Å². The Bertz CT molecular complexity index is 1430. The van der Waals surface area contributed by atoms with Crippen molar-refractivity contribution in [1.29, 1.82) is 5.26 Å². The molecule has 0 bridgehead atoms. The van der Waals surface area contributed by atoms with Crippen LogP contribution in [0.25, 0.3) is 11.1 Å². The van der Waals surface area contributed by atoms with Gasteiger partial charge in [-0.15, -0.1) is 0 Å². The van der Waals surface area contributed by atoms with Crippen LogP contribution in [0, 0.1) is 18.3 Å². The third-order valence-corrected chi connectivity index (χ3v) is 5.88. The minimum absolute atomic E-state index is 0.227. The van der Waals surface area contributed by atoms with Crippen LogP contribution < -0.4 is 10.3 Å². The fourth-order valence-electron chi connectivity index (χ4n) is 4.16. The van der Waals surface area contributed by atoms with Gasteiger partial charge in [0, 0.05) is 25.2 Å². The zero-order valence-electron chi connectivity index (χ0n) is 20.3. The molecule has 176 valence electrons. The molecule has 0 aliphatic rings. The van der Waals surface area contributed by atoms with Crippen LogP contribution in [-0.4, -0.2) is 14.5 Å². The Hall–Kier alpha value is -4.24. The van der Waals surface area contributed by atoms with Gasteiger partial charge in [0.1, 0.15) is 5.82 Å². The molecule has 2 heterocycles. The maximum absolute atomic E-state index is 12.9. The Morgan fingerprint density at radius 1 is 1.06 bits per heavy atom. The first-order chi connectivity index (χ1) is 17.0. The molecule has 0 radical (unpaired) electrons. The lowest BCUT2D eigenvalue weighted by Gasteiger charge is -2.20. The Labute approximate surface area is 205 Å². The summed E-state index contributed by atoms with van der Waals surface area (Å²) in [6, 6.07) is 21.7. The van der Waals surface area contributed by atoms with Gasteiger partial charge < -0.3 is 9.30 Å². The van der Waals surface area contributed by atoms with Crippen LogP contribution in [-0.2, 0) is 19.4 Å². The number of rotatable bonds is 8. The van der Waals surface area contributed by atoms with E-state index in [1.54, 1.807) is 12.3 Å². The molecule has 35 heavy (non-hydrogen) atoms. The van der Waals surface area contributed by atoms with Crippen molar-refractivity contribution in [2.24, 2.45) is 0 Å². The van der Waals surface area contributed by atoms with Crippen molar-refractivity contribution in [1.82, 2.24) is 14.5 Å². The SMILES string of the molecule is CCCc1nc(=O)c(Oc2cc(C)ccn2)c(CC)n1Cc1ccc(-c2ccccc2C#N)cc1. The summed E-state index contributed by atoms with van der Waals surface area (Å²) in [6.45, 7) is 6.60. The van der Waals surface area contributed by atoms with E-state index in [1.165, 1.54) is 0 Å². The van der Waals surface area contributed by atoms with Crippen LogP contribution in [0.1, 0.15) is 48.5 Å². The van der Waals surface area contributed by atoms with Crippen LogP contribution in [0.15, 0.2) is 71.7 Å². The van der Waals surface area contributed by atoms with Crippen molar-refractivity contribution in [3.63, 3.8) is 0 Å². The molecule has 0 amide bonds. The highest BCUT2D eigenvalue weighted by Gasteiger charge is 2.19. The summed E-state index contributed by atoms with van der Waals surface area (Å²) in [7, 11) is 0. The average Bonchev–Trinajstić information content (AvgIpc) is 2.87. The summed E-state index contributed by atoms with van der Waals surface area (Å²) in [5, 5.41) is 9.44. The Morgan fingerprint density at radius 3 is 2.51 bits per heavy atom. The van der Waals surface area contributed by atoms with Gasteiger partial charge in [-0.1, -0.05) is 56.3 Å². The molecular weight excluding hydrogens is 436 g/mol. The quantitative estimate of drug-likeness (QED) is 0.327. The molecule has 0 unspecified atom stereocenters. The van der Waals surface area contributed by atoms with Crippen molar-refractivity contribution in [2.45, 2.75) is 46.6 Å². The predicted molar refractivity (Wildman–Crippen MR) is 137 cm³/mol. The highest BCUT2D eigenvalue weighted by Crippen LogP contribution is 2.26. The molecule has 6 nitrogen and oxygen atoms in total. The van der Waals surface area contributed by atoms with E-state index in [0.29, 0.717) is 30.8 Å². The standard InChI is InChI=1S/C29H28N4O2/c1-4-8-26-32-29(34)28(35-27-17-20(3)15-16-31-27)25(5-2)33(26)19-21-11-13-22(14-12-21)24-10-7-6-9-23(24)18-30/h6-7,9-17H,4-5,8,19H2,1-3H3. The van der Waals surface area contributed by atoms with E-state index in [0.717, 1.165) is 40.2 Å². The fourth-order valence-corrected chi connectivity index (χ4v) is 4.16. The maximum atomic E-state index is 12.9. The lowest BCUT2D eigenvalue weighted by molar-refractivity contribution is 0.434. The third kappa shape index (κ3) is 5.30. The first-order valence-electron chi connectivity index (χ1n) is 11.9. The first-order valence-corrected chi connectivity index (χ1v) is 11.9. The summed E-state index contributed by atoms with van der Waals surface area (Å²) >= 11 is 0. The van der Waals surface area contributed by atoms with Crippen LogP contribution in [0.5, 0.6) is 11.6 Å². The van der Waals surface area contributed by atoms with Crippen LogP contribution >= 0.6 is 0 Å². The molecule has 0 N–H and O–H groups in total. The van der Waals surface area contributed by atoms with Crippen LogP contribution in [0.4, 0.5) is 0 Å². The molecule has 0 saturated carbocycles. The largest absolute Gasteiger partial charge is 0.431 e. The molecule has 0 aliphatic heterocycles. The zero-order valence-corrected chi connectivity index (χ0v) is 20.3. The average molecular weight is 465 g/mol. The minimum atomic E-state index is -0.367. The molecule has 0 spiro atoms. The van der Waals surface area contributed by atoms with Crippen molar-refractivity contribution in [2.75, 3.05) is 0 Å². The van der Waals surface area contributed by atoms with E-state index in [2.05, 4.69) is 39.7 Å². The topological polar surface area (TPSA) is 80.8 Å². The number of hydrogen-bond acceptors (Lipinski definition) is 5. The fraction of sp³-hybridized carbons (Fsp3) is 0.241. The summed E-state index contributed by atoms with van der Waals surface area (Å²) in [5.41, 5.74) is 5.05. The van der Waals surface area contributed by atoms with Crippen molar-refractivity contribution >= 4 is 0 Å². The van der Waals surface area contributed by atoms with Gasteiger partial charge in [0.15, 0.2) is 0 Å². The summed E-state index contributed by atoms with van der Waals surface area (Å²) in [6.07, 6.45) is 3.85. The molecule has 0 aliphatic carbocycles. The van der Waals surface area contributed by atoms with Gasteiger partial charge >= 0.3 is 5.56 Å². The van der Waals surface area contributed by atoms with Crippen molar-refractivity contribution in [3.8, 4) is 28.8 Å². The monoisotopic (exact) mass is 464 g/mol. The van der Waals surface area contributed by atoms with E-state index < -0.39 is 0 Å². The second-order valence-corrected chi connectivity index (χ2v) is 8.43. The minimum Gasteiger partial charge on any atom is -0.431 e. The maximum Gasteiger partial charge on any atom is 0.316 e. The number of hydrogen-bond donors (Lipinski definition) is 0. The Morgan fingerprint density at radius 2 is 1.83 bits per heavy atom. The van der Waals surface area contributed by atoms with Crippen molar-refractivity contribution < 1.29 is 4.74 Å². The van der Waals surface area contributed by atoms with Gasteiger partial charge in [-0.3, -0.25) is 4.79 Å². The molecule has 0 saturated heterocycles. The van der Waals surface area contributed by atoms with E-state index in [9.17, 15) is 10.1 Å². The molecular formula is C29H28N4O2. The lowest BCUT2D eigenvalue weighted by Crippen LogP contribution is -2.24. The summed E-state index contributed by atoms with van der Waals surface area (Å²) in [4.78, 5) is 21.6. The number of ether oxygens (including phenoxy) is 1. The summed E-state index contributed by atoms with van der Waals surface area (Å²) < 4.78 is 8.08. The zero-order chi connectivity index (χ0) is 24.8. The van der Waals surface area contributed by atoms with Crippen molar-refractivity contribution in [3.05, 3.63) is 105 Å². The predicted octanol–water partition coefficient (Wildman–Crippen LogP) is 5.84. The molecule has 4 aromatic rings. The third-order valence-electron chi connectivity index (χ3n) is 5.88. The van der Waals surface area contributed by atoms with E-state index >= 15 is 0 Å². The number of aromatic nitrogens is 3. The number of aryl methyl sites for hydroxylation is 2. The molecule has 4 rings (SSSR count). The van der Waals surface area contributed by atoms with E-state index in [1.807, 2.05) is 56.3 Å². The molecule has 6 heteroatoms. The normalized spacial score (nSPS) is 10.7. The highest BCUT2D eigenvalue weighted by atomic mass is 16.5. The molecule has 0 atom stereocenters. The molecule has 2 aromatic heterocycles. The lowest BCUT2D eigenvalue weighted by atomic mass is 9.99. The Kier molecular flexibility index (Phi) is 7.37. The van der Waals surface area contributed by atoms with E-state index in [4.69, 9.17) is 4.74 Å².